The van der Waals surface area contributed by atoms with Crippen LogP contribution in [0.15, 0.2) is 42.5 Å². The number of carbonyl (C=O) groups is 1. The van der Waals surface area contributed by atoms with Gasteiger partial charge in [-0.1, -0.05) is 18.2 Å². The van der Waals surface area contributed by atoms with E-state index in [-0.39, 0.29) is 5.91 Å². The van der Waals surface area contributed by atoms with E-state index < -0.39 is 5.41 Å². The second kappa shape index (κ2) is 7.53. The van der Waals surface area contributed by atoms with Gasteiger partial charge in [-0.05, 0) is 73.4 Å². The van der Waals surface area contributed by atoms with Crippen molar-refractivity contribution in [2.75, 3.05) is 43.1 Å². The fourth-order valence-electron chi connectivity index (χ4n) is 5.55. The SMILES string of the molecule is COc1ccccc1N1CCN(c2ccc3c(c2)CC2(C(N)=O)[CH]C(CC2)C3)CC1. The summed E-state index contributed by atoms with van der Waals surface area (Å²) in [5.41, 5.74) is 10.5. The Morgan fingerprint density at radius 2 is 1.83 bits per heavy atom. The Hall–Kier alpha value is -2.69. The molecule has 2 fully saturated rings. The standard InChI is InChI=1S/C25H30N3O2/c1-30-23-5-3-2-4-22(23)28-12-10-27(11-13-28)21-7-6-19-14-18-8-9-25(16-18,24(26)29)17-20(19)15-21/h2-7,15-16,18H,8-14,17H2,1H3,(H2,26,29). The van der Waals surface area contributed by atoms with Gasteiger partial charge in [-0.15, -0.1) is 0 Å². The predicted molar refractivity (Wildman–Crippen MR) is 120 cm³/mol. The molecule has 1 aliphatic heterocycles. The summed E-state index contributed by atoms with van der Waals surface area (Å²) < 4.78 is 5.54. The van der Waals surface area contributed by atoms with E-state index in [1.54, 1.807) is 7.11 Å². The molecule has 2 unspecified atom stereocenters. The van der Waals surface area contributed by atoms with Crippen LogP contribution in [0.1, 0.15) is 24.0 Å². The first-order valence-electron chi connectivity index (χ1n) is 11.0. The maximum absolute atomic E-state index is 12.3. The number of piperazine rings is 1. The van der Waals surface area contributed by atoms with Crippen molar-refractivity contribution in [3.63, 3.8) is 0 Å². The van der Waals surface area contributed by atoms with Gasteiger partial charge in [0.05, 0.1) is 18.2 Å². The molecule has 157 valence electrons. The first kappa shape index (κ1) is 19.3. The van der Waals surface area contributed by atoms with E-state index in [9.17, 15) is 4.79 Å². The van der Waals surface area contributed by atoms with Gasteiger partial charge in [-0.3, -0.25) is 4.79 Å². The average Bonchev–Trinajstić information content (AvgIpc) is 3.10. The molecule has 2 aliphatic carbocycles. The van der Waals surface area contributed by atoms with Gasteiger partial charge in [0.25, 0.3) is 0 Å². The fourth-order valence-corrected chi connectivity index (χ4v) is 5.55. The highest BCUT2D eigenvalue weighted by Gasteiger charge is 2.46. The summed E-state index contributed by atoms with van der Waals surface area (Å²) in [6.45, 7) is 3.84. The van der Waals surface area contributed by atoms with Gasteiger partial charge < -0.3 is 20.3 Å². The number of benzene rings is 2. The molecule has 1 saturated heterocycles. The molecule has 2 atom stereocenters. The highest BCUT2D eigenvalue weighted by molar-refractivity contribution is 5.83. The zero-order chi connectivity index (χ0) is 20.7. The van der Waals surface area contributed by atoms with Gasteiger partial charge in [0.2, 0.25) is 5.91 Å². The molecule has 0 aromatic heterocycles. The summed E-state index contributed by atoms with van der Waals surface area (Å²) in [4.78, 5) is 17.1. The Balaban J connectivity index is 1.34. The highest BCUT2D eigenvalue weighted by atomic mass is 16.5. The number of amides is 1. The molecule has 3 aliphatic rings. The molecule has 5 rings (SSSR count). The van der Waals surface area contributed by atoms with E-state index in [1.165, 1.54) is 16.8 Å². The Morgan fingerprint density at radius 3 is 2.60 bits per heavy atom. The third-order valence-corrected chi connectivity index (χ3v) is 7.26. The fraction of sp³-hybridized carbons (Fsp3) is 0.440. The molecule has 2 bridgehead atoms. The summed E-state index contributed by atoms with van der Waals surface area (Å²) in [5.74, 6) is 1.25. The predicted octanol–water partition coefficient (Wildman–Crippen LogP) is 3.21. The minimum Gasteiger partial charge on any atom is -0.495 e. The van der Waals surface area contributed by atoms with E-state index >= 15 is 0 Å². The molecule has 5 heteroatoms. The molecule has 5 nitrogen and oxygen atoms in total. The Morgan fingerprint density at radius 1 is 1.07 bits per heavy atom. The number of methoxy groups -OCH3 is 1. The summed E-state index contributed by atoms with van der Waals surface area (Å²) in [7, 11) is 1.73. The molecule has 1 radical (unpaired) electrons. The lowest BCUT2D eigenvalue weighted by atomic mass is 9.79. The maximum atomic E-state index is 12.3. The number of primary amides is 1. The van der Waals surface area contributed by atoms with Gasteiger partial charge in [0.1, 0.15) is 5.75 Å². The Bertz CT molecular complexity index is 951. The lowest BCUT2D eigenvalue weighted by molar-refractivity contribution is -0.125. The van der Waals surface area contributed by atoms with Crippen LogP contribution < -0.4 is 20.3 Å². The number of ether oxygens (including phenoxy) is 1. The first-order valence-corrected chi connectivity index (χ1v) is 11.0. The number of rotatable bonds is 4. The minimum absolute atomic E-state index is 0.159. The van der Waals surface area contributed by atoms with Crippen LogP contribution in [-0.4, -0.2) is 39.2 Å². The molecular weight excluding hydrogens is 374 g/mol. The third kappa shape index (κ3) is 3.30. The van der Waals surface area contributed by atoms with Crippen molar-refractivity contribution in [2.24, 2.45) is 17.1 Å². The van der Waals surface area contributed by atoms with Crippen molar-refractivity contribution in [2.45, 2.75) is 25.7 Å². The second-order valence-corrected chi connectivity index (χ2v) is 8.97. The van der Waals surface area contributed by atoms with Gasteiger partial charge in [0.15, 0.2) is 0 Å². The van der Waals surface area contributed by atoms with Crippen molar-refractivity contribution < 1.29 is 9.53 Å². The van der Waals surface area contributed by atoms with Crippen LogP contribution in [0.2, 0.25) is 0 Å². The number of hydrogen-bond acceptors (Lipinski definition) is 4. The maximum Gasteiger partial charge on any atom is 0.224 e. The van der Waals surface area contributed by atoms with Crippen molar-refractivity contribution in [1.82, 2.24) is 0 Å². The van der Waals surface area contributed by atoms with Crippen LogP contribution in [0.4, 0.5) is 11.4 Å². The zero-order valence-electron chi connectivity index (χ0n) is 17.6. The molecule has 1 heterocycles. The van der Waals surface area contributed by atoms with Gasteiger partial charge in [-0.25, -0.2) is 0 Å². The van der Waals surface area contributed by atoms with E-state index in [4.69, 9.17) is 10.5 Å². The largest absolute Gasteiger partial charge is 0.495 e. The smallest absolute Gasteiger partial charge is 0.224 e. The van der Waals surface area contributed by atoms with Crippen LogP contribution in [-0.2, 0) is 17.6 Å². The topological polar surface area (TPSA) is 58.8 Å². The quantitative estimate of drug-likeness (QED) is 0.850. The number of nitrogens with zero attached hydrogens (tertiary/aromatic N) is 2. The Labute approximate surface area is 178 Å². The van der Waals surface area contributed by atoms with Crippen molar-refractivity contribution in [1.29, 1.82) is 0 Å². The molecule has 30 heavy (non-hydrogen) atoms. The van der Waals surface area contributed by atoms with Gasteiger partial charge in [-0.2, -0.15) is 0 Å². The molecule has 1 amide bonds. The summed E-state index contributed by atoms with van der Waals surface area (Å²) in [6, 6.07) is 15.1. The van der Waals surface area contributed by atoms with Crippen LogP contribution >= 0.6 is 0 Å². The van der Waals surface area contributed by atoms with Crippen molar-refractivity contribution in [3.8, 4) is 5.75 Å². The van der Waals surface area contributed by atoms with E-state index in [0.29, 0.717) is 5.92 Å². The van der Waals surface area contributed by atoms with E-state index in [2.05, 4.69) is 46.6 Å². The summed E-state index contributed by atoms with van der Waals surface area (Å²) in [5, 5.41) is 0. The van der Waals surface area contributed by atoms with E-state index in [0.717, 1.165) is 63.3 Å². The summed E-state index contributed by atoms with van der Waals surface area (Å²) >= 11 is 0. The lowest BCUT2D eigenvalue weighted by Gasteiger charge is -2.38. The Kier molecular flexibility index (Phi) is 4.84. The molecule has 2 N–H and O–H groups in total. The number of anilines is 2. The van der Waals surface area contributed by atoms with Crippen LogP contribution in [0.3, 0.4) is 0 Å². The minimum atomic E-state index is -0.447. The number of fused-ring (bicyclic) bond motifs is 3. The third-order valence-electron chi connectivity index (χ3n) is 7.26. The first-order chi connectivity index (χ1) is 14.6. The molecule has 0 spiro atoms. The highest BCUT2D eigenvalue weighted by Crippen LogP contribution is 2.48. The second-order valence-electron chi connectivity index (χ2n) is 8.97. The van der Waals surface area contributed by atoms with E-state index in [1.807, 2.05) is 12.1 Å². The molecule has 2 aromatic rings. The molecule has 2 aromatic carbocycles. The molecule has 1 saturated carbocycles. The normalized spacial score (nSPS) is 25.6. The average molecular weight is 405 g/mol. The lowest BCUT2D eigenvalue weighted by Crippen LogP contribution is -2.46. The van der Waals surface area contributed by atoms with Crippen LogP contribution in [0, 0.1) is 17.8 Å². The monoisotopic (exact) mass is 404 g/mol. The van der Waals surface area contributed by atoms with Crippen molar-refractivity contribution in [3.05, 3.63) is 60.0 Å². The van der Waals surface area contributed by atoms with Crippen molar-refractivity contribution >= 4 is 17.3 Å². The van der Waals surface area contributed by atoms with Gasteiger partial charge in [0, 0.05) is 31.9 Å². The van der Waals surface area contributed by atoms with Gasteiger partial charge >= 0.3 is 0 Å². The molecular formula is C25H30N3O2. The van der Waals surface area contributed by atoms with Crippen LogP contribution in [0.5, 0.6) is 5.75 Å². The zero-order valence-corrected chi connectivity index (χ0v) is 17.6. The number of carbonyl (C=O) groups excluding carboxylic acids is 1. The number of para-hydroxylation sites is 2. The number of nitrogens with two attached hydrogens (primary N) is 1. The summed E-state index contributed by atoms with van der Waals surface area (Å²) in [6.07, 6.45) is 6.01. The number of hydrogen-bond donors (Lipinski definition) is 1. The van der Waals surface area contributed by atoms with Crippen LogP contribution in [0.25, 0.3) is 0 Å².